The minimum Gasteiger partial charge on any atom is -0.508 e. The molecule has 0 bridgehead atoms. The standard InChI is InChI=1S/C14H19N3O/c1-12(10-15)11-16-6-8-17(9-7-16)13-2-4-14(18)5-3-13/h2-5,12,18H,6-9,11H2,1H3/t12-/m1/s1. The van der Waals surface area contributed by atoms with Crippen molar-refractivity contribution in [1.29, 1.82) is 5.26 Å². The zero-order valence-electron chi connectivity index (χ0n) is 10.7. The topological polar surface area (TPSA) is 50.5 Å². The largest absolute Gasteiger partial charge is 0.508 e. The third-order valence-corrected chi connectivity index (χ3v) is 3.34. The average molecular weight is 245 g/mol. The molecule has 1 fully saturated rings. The fraction of sp³-hybridized carbons (Fsp3) is 0.500. The van der Waals surface area contributed by atoms with E-state index in [0.717, 1.165) is 38.4 Å². The molecule has 4 heteroatoms. The van der Waals surface area contributed by atoms with Crippen molar-refractivity contribution in [2.45, 2.75) is 6.92 Å². The summed E-state index contributed by atoms with van der Waals surface area (Å²) in [7, 11) is 0. The Morgan fingerprint density at radius 3 is 2.39 bits per heavy atom. The molecular weight excluding hydrogens is 226 g/mol. The van der Waals surface area contributed by atoms with Gasteiger partial charge in [0.05, 0.1) is 12.0 Å². The van der Waals surface area contributed by atoms with Gasteiger partial charge in [-0.1, -0.05) is 0 Å². The van der Waals surface area contributed by atoms with E-state index in [4.69, 9.17) is 5.26 Å². The van der Waals surface area contributed by atoms with E-state index < -0.39 is 0 Å². The Hall–Kier alpha value is -1.73. The van der Waals surface area contributed by atoms with Crippen LogP contribution in [0.2, 0.25) is 0 Å². The molecule has 18 heavy (non-hydrogen) atoms. The van der Waals surface area contributed by atoms with Crippen LogP contribution in [0, 0.1) is 17.2 Å². The highest BCUT2D eigenvalue weighted by molar-refractivity contribution is 5.49. The third kappa shape index (κ3) is 3.14. The highest BCUT2D eigenvalue weighted by Gasteiger charge is 2.18. The molecule has 1 heterocycles. The minimum absolute atomic E-state index is 0.102. The fourth-order valence-corrected chi connectivity index (χ4v) is 2.28. The molecule has 4 nitrogen and oxygen atoms in total. The summed E-state index contributed by atoms with van der Waals surface area (Å²) in [6, 6.07) is 9.62. The molecule has 1 aromatic rings. The molecule has 0 saturated carbocycles. The van der Waals surface area contributed by atoms with Crippen LogP contribution in [0.25, 0.3) is 0 Å². The Bertz CT molecular complexity index is 416. The summed E-state index contributed by atoms with van der Waals surface area (Å²) in [4.78, 5) is 4.65. The zero-order valence-corrected chi connectivity index (χ0v) is 10.7. The SMILES string of the molecule is C[C@H](C#N)CN1CCN(c2ccc(O)cc2)CC1. The molecule has 1 aliphatic rings. The number of piperazine rings is 1. The molecule has 1 atom stereocenters. The van der Waals surface area contributed by atoms with Gasteiger partial charge in [-0.2, -0.15) is 5.26 Å². The molecule has 1 saturated heterocycles. The smallest absolute Gasteiger partial charge is 0.115 e. The van der Waals surface area contributed by atoms with Gasteiger partial charge < -0.3 is 10.0 Å². The summed E-state index contributed by atoms with van der Waals surface area (Å²) in [6.45, 7) is 6.76. The van der Waals surface area contributed by atoms with Crippen LogP contribution in [-0.4, -0.2) is 42.7 Å². The van der Waals surface area contributed by atoms with Gasteiger partial charge in [0.15, 0.2) is 0 Å². The lowest BCUT2D eigenvalue weighted by molar-refractivity contribution is 0.241. The van der Waals surface area contributed by atoms with E-state index in [2.05, 4.69) is 15.9 Å². The van der Waals surface area contributed by atoms with Crippen LogP contribution in [0.3, 0.4) is 0 Å². The number of phenolic OH excluding ortho intramolecular Hbond substituents is 1. The predicted molar refractivity (Wildman–Crippen MR) is 71.5 cm³/mol. The van der Waals surface area contributed by atoms with Crippen molar-refractivity contribution in [1.82, 2.24) is 4.90 Å². The lowest BCUT2D eigenvalue weighted by atomic mass is 10.1. The maximum Gasteiger partial charge on any atom is 0.115 e. The highest BCUT2D eigenvalue weighted by Crippen LogP contribution is 2.19. The molecule has 1 aliphatic heterocycles. The van der Waals surface area contributed by atoms with Gasteiger partial charge >= 0.3 is 0 Å². The highest BCUT2D eigenvalue weighted by atomic mass is 16.3. The van der Waals surface area contributed by atoms with Gasteiger partial charge in [-0.25, -0.2) is 0 Å². The molecule has 0 spiro atoms. The van der Waals surface area contributed by atoms with Crippen molar-refractivity contribution in [3.05, 3.63) is 24.3 Å². The van der Waals surface area contributed by atoms with Gasteiger partial charge in [0, 0.05) is 38.4 Å². The Labute approximate surface area is 108 Å². The second kappa shape index (κ2) is 5.74. The fourth-order valence-electron chi connectivity index (χ4n) is 2.28. The van der Waals surface area contributed by atoms with Crippen molar-refractivity contribution >= 4 is 5.69 Å². The van der Waals surface area contributed by atoms with Gasteiger partial charge in [-0.05, 0) is 31.2 Å². The number of hydrogen-bond donors (Lipinski definition) is 1. The normalized spacial score (nSPS) is 18.3. The van der Waals surface area contributed by atoms with Gasteiger partial charge in [-0.3, -0.25) is 4.90 Å². The second-order valence-corrected chi connectivity index (χ2v) is 4.83. The van der Waals surface area contributed by atoms with Crippen LogP contribution in [0.4, 0.5) is 5.69 Å². The summed E-state index contributed by atoms with van der Waals surface area (Å²) in [5, 5.41) is 18.1. The maximum absolute atomic E-state index is 9.27. The molecule has 1 aromatic carbocycles. The number of aromatic hydroxyl groups is 1. The molecular formula is C14H19N3O. The molecule has 0 aliphatic carbocycles. The maximum atomic E-state index is 9.27. The molecule has 0 radical (unpaired) electrons. The summed E-state index contributed by atoms with van der Waals surface area (Å²) in [6.07, 6.45) is 0. The van der Waals surface area contributed by atoms with Crippen molar-refractivity contribution in [2.24, 2.45) is 5.92 Å². The average Bonchev–Trinajstić information content (AvgIpc) is 2.40. The summed E-state index contributed by atoms with van der Waals surface area (Å²) in [5.74, 6) is 0.408. The number of nitriles is 1. The van der Waals surface area contributed by atoms with Gasteiger partial charge in [0.1, 0.15) is 5.75 Å². The number of hydrogen-bond acceptors (Lipinski definition) is 4. The quantitative estimate of drug-likeness (QED) is 0.880. The van der Waals surface area contributed by atoms with Crippen molar-refractivity contribution in [2.75, 3.05) is 37.6 Å². The van der Waals surface area contributed by atoms with E-state index in [1.807, 2.05) is 19.1 Å². The Kier molecular flexibility index (Phi) is 4.06. The zero-order chi connectivity index (χ0) is 13.0. The second-order valence-electron chi connectivity index (χ2n) is 4.83. The lowest BCUT2D eigenvalue weighted by Gasteiger charge is -2.36. The van der Waals surface area contributed by atoms with Crippen LogP contribution in [0.5, 0.6) is 5.75 Å². The van der Waals surface area contributed by atoms with Crippen LogP contribution in [0.1, 0.15) is 6.92 Å². The third-order valence-electron chi connectivity index (χ3n) is 3.34. The van der Waals surface area contributed by atoms with Crippen LogP contribution in [-0.2, 0) is 0 Å². The molecule has 0 amide bonds. The van der Waals surface area contributed by atoms with Crippen LogP contribution in [0.15, 0.2) is 24.3 Å². The predicted octanol–water partition coefficient (Wildman–Crippen LogP) is 1.67. The first-order valence-electron chi connectivity index (χ1n) is 6.35. The Morgan fingerprint density at radius 1 is 1.22 bits per heavy atom. The molecule has 2 rings (SSSR count). The molecule has 1 N–H and O–H groups in total. The Morgan fingerprint density at radius 2 is 1.83 bits per heavy atom. The van der Waals surface area contributed by atoms with Crippen molar-refractivity contribution < 1.29 is 5.11 Å². The summed E-state index contributed by atoms with van der Waals surface area (Å²) >= 11 is 0. The van der Waals surface area contributed by atoms with Crippen LogP contribution < -0.4 is 4.90 Å². The van der Waals surface area contributed by atoms with E-state index in [-0.39, 0.29) is 5.92 Å². The minimum atomic E-state index is 0.102. The first kappa shape index (κ1) is 12.7. The number of rotatable bonds is 3. The van der Waals surface area contributed by atoms with Crippen molar-refractivity contribution in [3.63, 3.8) is 0 Å². The van der Waals surface area contributed by atoms with Crippen LogP contribution >= 0.6 is 0 Å². The first-order chi connectivity index (χ1) is 8.69. The van der Waals surface area contributed by atoms with E-state index in [9.17, 15) is 5.11 Å². The number of benzene rings is 1. The van der Waals surface area contributed by atoms with E-state index in [0.29, 0.717) is 5.75 Å². The number of anilines is 1. The van der Waals surface area contributed by atoms with E-state index in [1.54, 1.807) is 12.1 Å². The van der Waals surface area contributed by atoms with E-state index in [1.165, 1.54) is 0 Å². The molecule has 96 valence electrons. The molecule has 0 aromatic heterocycles. The van der Waals surface area contributed by atoms with Gasteiger partial charge in [0.25, 0.3) is 0 Å². The Balaban J connectivity index is 1.87. The number of nitrogens with zero attached hydrogens (tertiary/aromatic N) is 3. The monoisotopic (exact) mass is 245 g/mol. The molecule has 0 unspecified atom stereocenters. The van der Waals surface area contributed by atoms with Gasteiger partial charge in [-0.15, -0.1) is 0 Å². The van der Waals surface area contributed by atoms with Crippen molar-refractivity contribution in [3.8, 4) is 11.8 Å². The lowest BCUT2D eigenvalue weighted by Crippen LogP contribution is -2.47. The number of phenols is 1. The first-order valence-corrected chi connectivity index (χ1v) is 6.35. The summed E-state index contributed by atoms with van der Waals surface area (Å²) < 4.78 is 0. The van der Waals surface area contributed by atoms with Gasteiger partial charge in [0.2, 0.25) is 0 Å². The van der Waals surface area contributed by atoms with E-state index >= 15 is 0 Å². The summed E-state index contributed by atoms with van der Waals surface area (Å²) in [5.41, 5.74) is 1.15.